The number of urea groups is 1. The van der Waals surface area contributed by atoms with Crippen molar-refractivity contribution in [3.8, 4) is 11.3 Å². The Balaban J connectivity index is 1.87. The smallest absolute Gasteiger partial charge is 0.330 e. The van der Waals surface area contributed by atoms with Crippen molar-refractivity contribution in [1.82, 2.24) is 20.3 Å². The lowest BCUT2D eigenvalue weighted by Crippen LogP contribution is -2.30. The second-order valence-electron chi connectivity index (χ2n) is 5.87. The molecule has 0 atom stereocenters. The average Bonchev–Trinajstić information content (AvgIpc) is 2.98. The first-order chi connectivity index (χ1) is 13.4. The maximum atomic E-state index is 12.4. The molecule has 0 radical (unpaired) electrons. The molecule has 0 aliphatic rings. The molecule has 0 saturated carbocycles. The molecule has 154 valence electrons. The van der Waals surface area contributed by atoms with E-state index in [9.17, 15) is 9.36 Å². The molecule has 2 N–H and O–H groups in total. The summed E-state index contributed by atoms with van der Waals surface area (Å²) in [6.07, 6.45) is 0.733. The predicted octanol–water partition coefficient (Wildman–Crippen LogP) is 3.55. The zero-order valence-electron chi connectivity index (χ0n) is 16.2. The van der Waals surface area contributed by atoms with Crippen molar-refractivity contribution < 1.29 is 18.4 Å². The van der Waals surface area contributed by atoms with Crippen LogP contribution >= 0.6 is 20.2 Å². The molecule has 0 spiro atoms. The Morgan fingerprint density at radius 3 is 2.61 bits per heavy atom. The van der Waals surface area contributed by atoms with Gasteiger partial charge in [0.1, 0.15) is 10.7 Å². The van der Waals surface area contributed by atoms with Crippen molar-refractivity contribution in [3.63, 3.8) is 0 Å². The quantitative estimate of drug-likeness (QED) is 0.304. The lowest BCUT2D eigenvalue weighted by molar-refractivity contribution is 0.219. The van der Waals surface area contributed by atoms with E-state index in [0.717, 1.165) is 11.3 Å². The summed E-state index contributed by atoms with van der Waals surface area (Å²) in [7, 11) is -1.31. The number of benzene rings is 1. The van der Waals surface area contributed by atoms with E-state index in [1.54, 1.807) is 31.6 Å². The largest absolute Gasteiger partial charge is 0.338 e. The second kappa shape index (κ2) is 10.6. The number of aryl methyl sites for hydroxylation is 1. The number of nitrogens with one attached hydrogen (secondary N) is 2. The van der Waals surface area contributed by atoms with E-state index in [1.165, 1.54) is 0 Å². The maximum Gasteiger partial charge on any atom is 0.330 e. The number of hydrogen-bond donors (Lipinski definition) is 3. The van der Waals surface area contributed by atoms with Crippen LogP contribution in [0.1, 0.15) is 20.3 Å². The van der Waals surface area contributed by atoms with Crippen LogP contribution < -0.4 is 10.6 Å². The number of aromatic nitrogens is 3. The highest BCUT2D eigenvalue weighted by atomic mass is 32.1. The van der Waals surface area contributed by atoms with E-state index in [-0.39, 0.29) is 12.2 Å². The number of carbonyl (C=O) groups is 1. The summed E-state index contributed by atoms with van der Waals surface area (Å²) in [5.74, 6) is 0. The van der Waals surface area contributed by atoms with Gasteiger partial charge in [0, 0.05) is 24.8 Å². The molecular weight excluding hydrogens is 401 g/mol. The fraction of sp³-hybridized carbons (Fsp3) is 0.471. The predicted molar refractivity (Wildman–Crippen MR) is 111 cm³/mol. The Morgan fingerprint density at radius 2 is 2.00 bits per heavy atom. The van der Waals surface area contributed by atoms with Crippen molar-refractivity contribution in [3.05, 3.63) is 24.3 Å². The topological polar surface area (TPSA) is 107 Å². The van der Waals surface area contributed by atoms with Crippen LogP contribution in [-0.2, 0) is 20.7 Å². The fourth-order valence-electron chi connectivity index (χ4n) is 2.62. The molecule has 1 aromatic carbocycles. The number of amides is 2. The molecule has 0 aliphatic heterocycles. The van der Waals surface area contributed by atoms with Gasteiger partial charge in [0.05, 0.1) is 19.4 Å². The number of anilines is 1. The molecule has 11 heteroatoms. The average molecular weight is 427 g/mol. The van der Waals surface area contributed by atoms with Gasteiger partial charge in [-0.2, -0.15) is 0 Å². The highest BCUT2D eigenvalue weighted by Gasteiger charge is 2.22. The number of rotatable bonds is 10. The Hall–Kier alpha value is -1.87. The van der Waals surface area contributed by atoms with Crippen molar-refractivity contribution in [1.29, 1.82) is 0 Å². The van der Waals surface area contributed by atoms with Crippen LogP contribution in [0, 0.1) is 0 Å². The van der Waals surface area contributed by atoms with Gasteiger partial charge in [0.25, 0.3) is 0 Å². The second-order valence-corrected chi connectivity index (χ2v) is 8.48. The highest BCUT2D eigenvalue weighted by Crippen LogP contribution is 2.48. The SMILES string of the molecule is CCOP(=O)(CCCNC(=O)Nc1cccc(-c2c(S)nnn2C)c1)OCC. The summed E-state index contributed by atoms with van der Waals surface area (Å²) in [5.41, 5.74) is 2.22. The van der Waals surface area contributed by atoms with E-state index in [4.69, 9.17) is 9.05 Å². The standard InChI is InChI=1S/C17H26N5O4PS/c1-4-25-27(24,26-5-2)11-7-10-18-17(23)19-14-9-6-8-13(12-14)15-16(28)20-21-22(15)3/h6,8-9,12,28H,4-5,7,10-11H2,1-3H3,(H2,18,19,23). The minimum Gasteiger partial charge on any atom is -0.338 e. The summed E-state index contributed by atoms with van der Waals surface area (Å²) < 4.78 is 24.4. The van der Waals surface area contributed by atoms with Gasteiger partial charge in [-0.05, 0) is 32.4 Å². The van der Waals surface area contributed by atoms with Gasteiger partial charge in [-0.15, -0.1) is 17.7 Å². The molecule has 1 aromatic heterocycles. The minimum atomic E-state index is -3.08. The van der Waals surface area contributed by atoms with Crippen molar-refractivity contribution in [2.45, 2.75) is 25.3 Å². The van der Waals surface area contributed by atoms with E-state index < -0.39 is 7.60 Å². The molecule has 0 fully saturated rings. The summed E-state index contributed by atoms with van der Waals surface area (Å²) in [6, 6.07) is 6.96. The third-order valence-corrected chi connectivity index (χ3v) is 6.22. The zero-order valence-corrected chi connectivity index (χ0v) is 18.0. The molecular formula is C17H26N5O4PS. The third-order valence-electron chi connectivity index (χ3n) is 3.75. The molecule has 0 unspecified atom stereocenters. The van der Waals surface area contributed by atoms with Gasteiger partial charge in [-0.3, -0.25) is 4.57 Å². The van der Waals surface area contributed by atoms with Gasteiger partial charge >= 0.3 is 13.6 Å². The lowest BCUT2D eigenvalue weighted by Gasteiger charge is -2.17. The zero-order chi connectivity index (χ0) is 20.6. The van der Waals surface area contributed by atoms with Gasteiger partial charge in [0.2, 0.25) is 0 Å². The Labute approximate surface area is 170 Å². The summed E-state index contributed by atoms with van der Waals surface area (Å²) >= 11 is 4.31. The number of hydrogen-bond acceptors (Lipinski definition) is 7. The van der Waals surface area contributed by atoms with Crippen LogP contribution in [0.15, 0.2) is 29.3 Å². The van der Waals surface area contributed by atoms with Gasteiger partial charge < -0.3 is 19.7 Å². The lowest BCUT2D eigenvalue weighted by atomic mass is 10.1. The maximum absolute atomic E-state index is 12.4. The summed E-state index contributed by atoms with van der Waals surface area (Å²) in [6.45, 7) is 4.53. The highest BCUT2D eigenvalue weighted by molar-refractivity contribution is 7.80. The summed E-state index contributed by atoms with van der Waals surface area (Å²) in [4.78, 5) is 12.1. The molecule has 0 aliphatic carbocycles. The van der Waals surface area contributed by atoms with E-state index >= 15 is 0 Å². The van der Waals surface area contributed by atoms with Crippen molar-refractivity contribution in [2.24, 2.45) is 7.05 Å². The van der Waals surface area contributed by atoms with Gasteiger partial charge in [0.15, 0.2) is 0 Å². The van der Waals surface area contributed by atoms with Crippen LogP contribution in [0.25, 0.3) is 11.3 Å². The van der Waals surface area contributed by atoms with E-state index in [2.05, 4.69) is 33.6 Å². The molecule has 0 saturated heterocycles. The van der Waals surface area contributed by atoms with Crippen LogP contribution in [-0.4, -0.2) is 46.9 Å². The molecule has 2 amide bonds. The first kappa shape index (κ1) is 22.4. The number of nitrogens with zero attached hydrogens (tertiary/aromatic N) is 3. The molecule has 0 bridgehead atoms. The van der Waals surface area contributed by atoms with Crippen LogP contribution in [0.5, 0.6) is 0 Å². The fourth-order valence-corrected chi connectivity index (χ4v) is 4.59. The number of thiol groups is 1. The summed E-state index contributed by atoms with van der Waals surface area (Å²) in [5, 5.41) is 13.9. The molecule has 1 heterocycles. The van der Waals surface area contributed by atoms with Crippen molar-refractivity contribution in [2.75, 3.05) is 31.2 Å². The van der Waals surface area contributed by atoms with Crippen LogP contribution in [0.2, 0.25) is 0 Å². The minimum absolute atomic E-state index is 0.253. The third kappa shape index (κ3) is 6.34. The van der Waals surface area contributed by atoms with Gasteiger partial charge in [-0.25, -0.2) is 9.48 Å². The Kier molecular flexibility index (Phi) is 8.50. The molecule has 28 heavy (non-hydrogen) atoms. The first-order valence-electron chi connectivity index (χ1n) is 9.00. The van der Waals surface area contributed by atoms with Gasteiger partial charge in [-0.1, -0.05) is 17.3 Å². The molecule has 2 aromatic rings. The van der Waals surface area contributed by atoms with Crippen LogP contribution in [0.4, 0.5) is 10.5 Å². The molecule has 2 rings (SSSR count). The number of carbonyl (C=O) groups excluding carboxylic acids is 1. The Morgan fingerprint density at radius 1 is 1.29 bits per heavy atom. The normalized spacial score (nSPS) is 11.4. The molecule has 9 nitrogen and oxygen atoms in total. The van der Waals surface area contributed by atoms with Crippen LogP contribution in [0.3, 0.4) is 0 Å². The first-order valence-corrected chi connectivity index (χ1v) is 11.2. The monoisotopic (exact) mass is 427 g/mol. The Bertz CT molecular complexity index is 815. The van der Waals surface area contributed by atoms with E-state index in [1.807, 2.05) is 18.2 Å². The van der Waals surface area contributed by atoms with Crippen molar-refractivity contribution >= 4 is 31.9 Å². The van der Waals surface area contributed by atoms with E-state index in [0.29, 0.717) is 36.9 Å².